The Hall–Kier alpha value is -2.70. The van der Waals surface area contributed by atoms with E-state index in [-0.39, 0.29) is 11.9 Å². The zero-order valence-electron chi connectivity index (χ0n) is 15.1. The third-order valence-corrected chi connectivity index (χ3v) is 5.77. The van der Waals surface area contributed by atoms with E-state index in [1.165, 1.54) is 22.5 Å². The fourth-order valence-corrected chi connectivity index (χ4v) is 4.07. The van der Waals surface area contributed by atoms with Crippen LogP contribution in [-0.4, -0.2) is 30.6 Å². The maximum Gasteiger partial charge on any atom is 0.263 e. The summed E-state index contributed by atoms with van der Waals surface area (Å²) >= 11 is 1.39. The minimum absolute atomic E-state index is 0.0812. The molecule has 0 radical (unpaired) electrons. The molecular weight excluding hydrogens is 358 g/mol. The number of rotatable bonds is 5. The first kappa shape index (κ1) is 17.7. The molecule has 0 spiro atoms. The normalized spacial score (nSPS) is 15.8. The fraction of sp³-hybridized carbons (Fsp3) is 0.238. The number of hydrogen-bond acceptors (Lipinski definition) is 5. The van der Waals surface area contributed by atoms with Crippen LogP contribution in [0.4, 0.5) is 0 Å². The summed E-state index contributed by atoms with van der Waals surface area (Å²) in [5.74, 6) is 0.694. The van der Waals surface area contributed by atoms with Crippen molar-refractivity contribution in [3.8, 4) is 16.3 Å². The summed E-state index contributed by atoms with van der Waals surface area (Å²) in [6, 6.07) is 16.4. The number of ether oxygens (including phenoxy) is 1. The second kappa shape index (κ2) is 7.90. The van der Waals surface area contributed by atoms with Gasteiger partial charge in [-0.05, 0) is 29.7 Å². The van der Waals surface area contributed by atoms with Gasteiger partial charge in [-0.1, -0.05) is 36.4 Å². The highest BCUT2D eigenvalue weighted by atomic mass is 32.1. The van der Waals surface area contributed by atoms with E-state index < -0.39 is 0 Å². The molecule has 1 aliphatic rings. The lowest BCUT2D eigenvalue weighted by Crippen LogP contribution is -2.44. The lowest BCUT2D eigenvalue weighted by molar-refractivity contribution is 0.0952. The number of amides is 1. The van der Waals surface area contributed by atoms with Gasteiger partial charge in [-0.15, -0.1) is 11.3 Å². The maximum absolute atomic E-state index is 12.5. The topological polar surface area (TPSA) is 63.2 Å². The van der Waals surface area contributed by atoms with E-state index in [4.69, 9.17) is 4.74 Å². The van der Waals surface area contributed by atoms with E-state index in [1.807, 2.05) is 24.3 Å². The third kappa shape index (κ3) is 4.02. The van der Waals surface area contributed by atoms with E-state index in [1.54, 1.807) is 13.3 Å². The van der Waals surface area contributed by atoms with E-state index in [2.05, 4.69) is 39.9 Å². The monoisotopic (exact) mass is 379 g/mol. The third-order valence-electron chi connectivity index (χ3n) is 4.72. The minimum Gasteiger partial charge on any atom is -0.497 e. The van der Waals surface area contributed by atoms with Crippen molar-refractivity contribution >= 4 is 17.2 Å². The average molecular weight is 379 g/mol. The Balaban J connectivity index is 1.37. The molecular formula is C21H21N3O2S. The van der Waals surface area contributed by atoms with Crippen LogP contribution in [0.2, 0.25) is 0 Å². The standard InChI is InChI=1S/C21H21N3O2S/c1-26-18-8-4-7-15(10-18)21-24-13-19(27-21)20(25)23-12-17-9-14-5-2-3-6-16(14)11-22-17/h2-8,10,13,17,22H,9,11-12H2,1H3,(H,23,25). The number of aromatic nitrogens is 1. The molecule has 1 aliphatic heterocycles. The molecule has 0 saturated heterocycles. The van der Waals surface area contributed by atoms with Crippen molar-refractivity contribution < 1.29 is 9.53 Å². The van der Waals surface area contributed by atoms with Crippen LogP contribution in [0.5, 0.6) is 5.75 Å². The van der Waals surface area contributed by atoms with Gasteiger partial charge in [0.15, 0.2) is 0 Å². The Bertz CT molecular complexity index is 954. The number of carbonyl (C=O) groups excluding carboxylic acids is 1. The second-order valence-electron chi connectivity index (χ2n) is 6.52. The predicted octanol–water partition coefficient (Wildman–Crippen LogP) is 3.26. The molecule has 0 bridgehead atoms. The number of thiazole rings is 1. The lowest BCUT2D eigenvalue weighted by Gasteiger charge is -2.26. The van der Waals surface area contributed by atoms with Crippen LogP contribution in [0.15, 0.2) is 54.7 Å². The quantitative estimate of drug-likeness (QED) is 0.714. The zero-order valence-corrected chi connectivity index (χ0v) is 15.9. The number of fused-ring (bicyclic) bond motifs is 1. The molecule has 6 heteroatoms. The first-order valence-electron chi connectivity index (χ1n) is 8.91. The van der Waals surface area contributed by atoms with Crippen LogP contribution >= 0.6 is 11.3 Å². The number of nitrogens with zero attached hydrogens (tertiary/aromatic N) is 1. The molecule has 2 aromatic carbocycles. The number of hydrogen-bond donors (Lipinski definition) is 2. The molecule has 1 unspecified atom stereocenters. The summed E-state index contributed by atoms with van der Waals surface area (Å²) in [4.78, 5) is 17.5. The van der Waals surface area contributed by atoms with Crippen LogP contribution in [0.1, 0.15) is 20.8 Å². The summed E-state index contributed by atoms with van der Waals surface area (Å²) < 4.78 is 5.25. The first-order valence-corrected chi connectivity index (χ1v) is 9.73. The smallest absolute Gasteiger partial charge is 0.263 e. The van der Waals surface area contributed by atoms with Crippen LogP contribution < -0.4 is 15.4 Å². The number of nitrogens with one attached hydrogen (secondary N) is 2. The fourth-order valence-electron chi connectivity index (χ4n) is 3.24. The van der Waals surface area contributed by atoms with Gasteiger partial charge in [-0.25, -0.2) is 4.98 Å². The van der Waals surface area contributed by atoms with E-state index in [9.17, 15) is 4.79 Å². The highest BCUT2D eigenvalue weighted by molar-refractivity contribution is 7.16. The molecule has 4 rings (SSSR count). The number of methoxy groups -OCH3 is 1. The average Bonchev–Trinajstić information content (AvgIpc) is 3.22. The Morgan fingerprint density at radius 1 is 1.26 bits per heavy atom. The van der Waals surface area contributed by atoms with Gasteiger partial charge in [-0.2, -0.15) is 0 Å². The predicted molar refractivity (Wildman–Crippen MR) is 107 cm³/mol. The van der Waals surface area contributed by atoms with Crippen LogP contribution in [0, 0.1) is 0 Å². The Morgan fingerprint density at radius 2 is 2.11 bits per heavy atom. The van der Waals surface area contributed by atoms with Crippen molar-refractivity contribution in [1.82, 2.24) is 15.6 Å². The molecule has 27 heavy (non-hydrogen) atoms. The van der Waals surface area contributed by atoms with Gasteiger partial charge >= 0.3 is 0 Å². The number of benzene rings is 2. The summed E-state index contributed by atoms with van der Waals surface area (Å²) in [5.41, 5.74) is 3.64. The molecule has 0 fully saturated rings. The van der Waals surface area contributed by atoms with Crippen molar-refractivity contribution in [2.24, 2.45) is 0 Å². The maximum atomic E-state index is 12.5. The molecule has 1 aromatic heterocycles. The van der Waals surface area contributed by atoms with Crippen LogP contribution in [-0.2, 0) is 13.0 Å². The van der Waals surface area contributed by atoms with Crippen LogP contribution in [0.3, 0.4) is 0 Å². The minimum atomic E-state index is -0.0812. The summed E-state index contributed by atoms with van der Waals surface area (Å²) in [6.45, 7) is 1.44. The molecule has 2 N–H and O–H groups in total. The van der Waals surface area contributed by atoms with Gasteiger partial charge in [0, 0.05) is 24.7 Å². The SMILES string of the molecule is COc1cccc(-c2ncc(C(=O)NCC3Cc4ccccc4CN3)s2)c1. The molecule has 0 aliphatic carbocycles. The largest absolute Gasteiger partial charge is 0.497 e. The molecule has 2 heterocycles. The van der Waals surface area contributed by atoms with Gasteiger partial charge < -0.3 is 15.4 Å². The Morgan fingerprint density at radius 3 is 2.96 bits per heavy atom. The molecule has 0 saturated carbocycles. The Labute approximate surface area is 162 Å². The van der Waals surface area contributed by atoms with Crippen molar-refractivity contribution in [3.05, 3.63) is 70.7 Å². The highest BCUT2D eigenvalue weighted by Crippen LogP contribution is 2.27. The van der Waals surface area contributed by atoms with Crippen molar-refractivity contribution in [2.45, 2.75) is 19.0 Å². The van der Waals surface area contributed by atoms with Crippen molar-refractivity contribution in [2.75, 3.05) is 13.7 Å². The highest BCUT2D eigenvalue weighted by Gasteiger charge is 2.19. The van der Waals surface area contributed by atoms with E-state index in [0.29, 0.717) is 11.4 Å². The molecule has 1 atom stereocenters. The Kier molecular flexibility index (Phi) is 5.18. The van der Waals surface area contributed by atoms with Gasteiger partial charge in [-0.3, -0.25) is 4.79 Å². The van der Waals surface area contributed by atoms with Crippen molar-refractivity contribution in [1.29, 1.82) is 0 Å². The number of carbonyl (C=O) groups is 1. The molecule has 138 valence electrons. The summed E-state index contributed by atoms with van der Waals surface area (Å²) in [6.07, 6.45) is 2.56. The second-order valence-corrected chi connectivity index (χ2v) is 7.55. The van der Waals surface area contributed by atoms with E-state index in [0.717, 1.165) is 29.3 Å². The summed E-state index contributed by atoms with van der Waals surface area (Å²) in [7, 11) is 1.64. The molecule has 5 nitrogen and oxygen atoms in total. The zero-order chi connectivity index (χ0) is 18.6. The van der Waals surface area contributed by atoms with E-state index >= 15 is 0 Å². The van der Waals surface area contributed by atoms with Crippen molar-refractivity contribution in [3.63, 3.8) is 0 Å². The van der Waals surface area contributed by atoms with Gasteiger partial charge in [0.05, 0.1) is 13.3 Å². The first-order chi connectivity index (χ1) is 13.2. The van der Waals surface area contributed by atoms with Gasteiger partial charge in [0.1, 0.15) is 15.6 Å². The molecule has 1 amide bonds. The van der Waals surface area contributed by atoms with Gasteiger partial charge in [0.2, 0.25) is 0 Å². The lowest BCUT2D eigenvalue weighted by atomic mass is 9.96. The van der Waals surface area contributed by atoms with Crippen LogP contribution in [0.25, 0.3) is 10.6 Å². The van der Waals surface area contributed by atoms with Gasteiger partial charge in [0.25, 0.3) is 5.91 Å². The molecule has 3 aromatic rings. The summed E-state index contributed by atoms with van der Waals surface area (Å²) in [5, 5.41) is 7.33.